The van der Waals surface area contributed by atoms with Gasteiger partial charge in [-0.1, -0.05) is 54.6 Å². The van der Waals surface area contributed by atoms with Crippen LogP contribution in [0.5, 0.6) is 0 Å². The second-order valence-electron chi connectivity index (χ2n) is 7.89. The monoisotopic (exact) mass is 470 g/mol. The van der Waals surface area contributed by atoms with Gasteiger partial charge in [0.2, 0.25) is 5.72 Å². The van der Waals surface area contributed by atoms with Gasteiger partial charge in [0.1, 0.15) is 5.92 Å². The summed E-state index contributed by atoms with van der Waals surface area (Å²) in [5.41, 5.74) is -3.42. The molecule has 0 aliphatic carbocycles. The largest absolute Gasteiger partial charge is 0.437 e. The number of urea groups is 1. The first kappa shape index (κ1) is 21.4. The Morgan fingerprint density at radius 3 is 2.12 bits per heavy atom. The Labute approximate surface area is 189 Å². The molecule has 2 amide bonds. The minimum absolute atomic E-state index is 0.0511. The molecule has 3 N–H and O–H groups in total. The van der Waals surface area contributed by atoms with Crippen LogP contribution in [0.1, 0.15) is 21.3 Å². The van der Waals surface area contributed by atoms with Crippen LogP contribution < -0.4 is 10.6 Å². The highest BCUT2D eigenvalue weighted by molar-refractivity contribution is 7.12. The minimum Gasteiger partial charge on any atom is -0.363 e. The molecule has 33 heavy (non-hydrogen) atoms. The van der Waals surface area contributed by atoms with Crippen molar-refractivity contribution in [2.24, 2.45) is 5.92 Å². The van der Waals surface area contributed by atoms with Crippen molar-refractivity contribution >= 4 is 44.7 Å². The Morgan fingerprint density at radius 2 is 1.58 bits per heavy atom. The third-order valence-corrected chi connectivity index (χ3v) is 6.86. The van der Waals surface area contributed by atoms with Crippen molar-refractivity contribution in [1.29, 1.82) is 0 Å². The van der Waals surface area contributed by atoms with Crippen molar-refractivity contribution in [2.75, 3.05) is 0 Å². The second-order valence-corrected chi connectivity index (χ2v) is 8.84. The third-order valence-electron chi connectivity index (χ3n) is 5.98. The van der Waals surface area contributed by atoms with Crippen LogP contribution in [-0.2, 0) is 0 Å². The summed E-state index contributed by atoms with van der Waals surface area (Å²) in [5.74, 6) is -2.98. The van der Waals surface area contributed by atoms with Gasteiger partial charge in [-0.25, -0.2) is 4.79 Å². The lowest BCUT2D eigenvalue weighted by Crippen LogP contribution is -2.72. The molecule has 0 spiro atoms. The highest BCUT2D eigenvalue weighted by Gasteiger charge is 2.66. The fraction of sp³-hybridized carbons (Fsp3) is 0.167. The maximum Gasteiger partial charge on any atom is 0.437 e. The number of halogens is 3. The number of amides is 2. The van der Waals surface area contributed by atoms with Crippen LogP contribution in [-0.4, -0.2) is 28.8 Å². The van der Waals surface area contributed by atoms with Gasteiger partial charge in [0, 0.05) is 0 Å². The number of hydrogen-bond donors (Lipinski definition) is 3. The van der Waals surface area contributed by atoms with Crippen molar-refractivity contribution in [3.05, 3.63) is 82.6 Å². The van der Waals surface area contributed by atoms with E-state index >= 15 is 0 Å². The van der Waals surface area contributed by atoms with Crippen LogP contribution in [0.25, 0.3) is 21.5 Å². The molecule has 0 saturated carbocycles. The predicted molar refractivity (Wildman–Crippen MR) is 119 cm³/mol. The standard InChI is InChI=1S/C24H17F3N2O3S/c25-24(26,27)23(32)19(21(30)17-10-5-11-33-17)20(28-22(31)29-23)18-15-8-3-1-6-13(15)12-14-7-2-4-9-16(14)18/h1-12,19-20,32H,(H2,28,29,31)/t19-,20+,23+/m1/s1. The number of nitrogens with one attached hydrogen (secondary N) is 2. The van der Waals surface area contributed by atoms with E-state index in [0.29, 0.717) is 16.3 Å². The fourth-order valence-corrected chi connectivity index (χ4v) is 5.24. The SMILES string of the molecule is O=C1N[C@@H](c2c3ccccc3cc3ccccc23)[C@H](C(=O)c2cccs2)[C@](O)(C(F)(F)F)N1. The summed E-state index contributed by atoms with van der Waals surface area (Å²) in [4.78, 5) is 25.9. The van der Waals surface area contributed by atoms with Crippen LogP contribution in [0.15, 0.2) is 72.1 Å². The number of carbonyl (C=O) groups excluding carboxylic acids is 2. The Hall–Kier alpha value is -3.43. The number of carbonyl (C=O) groups is 2. The van der Waals surface area contributed by atoms with Gasteiger partial charge < -0.3 is 15.7 Å². The fourth-order valence-electron chi connectivity index (χ4n) is 4.54. The lowest BCUT2D eigenvalue weighted by molar-refractivity contribution is -0.287. The van der Waals surface area contributed by atoms with Crippen molar-refractivity contribution in [3.63, 3.8) is 0 Å². The summed E-state index contributed by atoms with van der Waals surface area (Å²) in [5, 5.41) is 19.2. The van der Waals surface area contributed by atoms with Crippen LogP contribution in [0.2, 0.25) is 0 Å². The smallest absolute Gasteiger partial charge is 0.363 e. The first-order valence-electron chi connectivity index (χ1n) is 10.1. The van der Waals surface area contributed by atoms with Crippen LogP contribution in [0.4, 0.5) is 18.0 Å². The van der Waals surface area contributed by atoms with Crippen molar-refractivity contribution in [1.82, 2.24) is 10.6 Å². The predicted octanol–water partition coefficient (Wildman–Crippen LogP) is 5.16. The Morgan fingerprint density at radius 1 is 0.970 bits per heavy atom. The Balaban J connectivity index is 1.84. The molecule has 1 aromatic heterocycles. The summed E-state index contributed by atoms with van der Waals surface area (Å²) in [6.45, 7) is 0. The van der Waals surface area contributed by atoms with E-state index < -0.39 is 35.7 Å². The second kappa shape index (κ2) is 7.57. The number of fused-ring (bicyclic) bond motifs is 2. The topological polar surface area (TPSA) is 78.4 Å². The molecule has 168 valence electrons. The van der Waals surface area contributed by atoms with Crippen LogP contribution in [0, 0.1) is 5.92 Å². The summed E-state index contributed by atoms with van der Waals surface area (Å²) in [6.07, 6.45) is -5.30. The van der Waals surface area contributed by atoms with E-state index in [1.54, 1.807) is 65.3 Å². The number of hydrogen-bond acceptors (Lipinski definition) is 4. The maximum absolute atomic E-state index is 14.2. The zero-order valence-electron chi connectivity index (χ0n) is 16.9. The van der Waals surface area contributed by atoms with Crippen molar-refractivity contribution in [3.8, 4) is 0 Å². The lowest BCUT2D eigenvalue weighted by Gasteiger charge is -2.45. The highest BCUT2D eigenvalue weighted by Crippen LogP contribution is 2.47. The van der Waals surface area contributed by atoms with E-state index in [2.05, 4.69) is 5.32 Å². The molecule has 2 heterocycles. The summed E-state index contributed by atoms with van der Waals surface area (Å²) in [7, 11) is 0. The van der Waals surface area contributed by atoms with Crippen LogP contribution in [0.3, 0.4) is 0 Å². The molecular weight excluding hydrogens is 453 g/mol. The molecule has 9 heteroatoms. The van der Waals surface area contributed by atoms with E-state index in [9.17, 15) is 27.9 Å². The molecule has 1 aliphatic heterocycles. The number of ketones is 1. The number of rotatable bonds is 3. The third kappa shape index (κ3) is 3.35. The average molecular weight is 470 g/mol. The molecule has 3 atom stereocenters. The lowest BCUT2D eigenvalue weighted by atomic mass is 9.76. The number of thiophene rings is 1. The highest BCUT2D eigenvalue weighted by atomic mass is 32.1. The molecule has 1 saturated heterocycles. The number of alkyl halides is 3. The molecule has 0 bridgehead atoms. The van der Waals surface area contributed by atoms with E-state index in [1.165, 1.54) is 6.07 Å². The Bertz CT molecular complexity index is 1330. The number of Topliss-reactive ketones (excluding diaryl/α,β-unsaturated/α-hetero) is 1. The molecule has 0 unspecified atom stereocenters. The normalized spacial score (nSPS) is 23.3. The summed E-state index contributed by atoms with van der Waals surface area (Å²) in [6, 6.07) is 16.3. The molecular formula is C24H17F3N2O3S. The molecule has 5 rings (SSSR count). The molecule has 5 nitrogen and oxygen atoms in total. The van der Waals surface area contributed by atoms with Gasteiger partial charge in [-0.3, -0.25) is 4.79 Å². The van der Waals surface area contributed by atoms with Crippen molar-refractivity contribution < 1.29 is 27.9 Å². The molecule has 1 aliphatic rings. The van der Waals surface area contributed by atoms with E-state index in [-0.39, 0.29) is 4.88 Å². The van der Waals surface area contributed by atoms with Gasteiger partial charge in [-0.05, 0) is 44.6 Å². The van der Waals surface area contributed by atoms with Gasteiger partial charge in [0.05, 0.1) is 10.9 Å². The first-order valence-corrected chi connectivity index (χ1v) is 10.9. The van der Waals surface area contributed by atoms with Gasteiger partial charge in [0.15, 0.2) is 5.78 Å². The quantitative estimate of drug-likeness (QED) is 0.286. The average Bonchev–Trinajstić information content (AvgIpc) is 3.31. The number of benzene rings is 3. The zero-order valence-corrected chi connectivity index (χ0v) is 17.7. The van der Waals surface area contributed by atoms with Crippen LogP contribution >= 0.6 is 11.3 Å². The summed E-state index contributed by atoms with van der Waals surface area (Å²) >= 11 is 0.973. The zero-order chi connectivity index (χ0) is 23.4. The van der Waals surface area contributed by atoms with Gasteiger partial charge in [-0.15, -0.1) is 11.3 Å². The summed E-state index contributed by atoms with van der Waals surface area (Å²) < 4.78 is 42.7. The van der Waals surface area contributed by atoms with Gasteiger partial charge >= 0.3 is 12.2 Å². The minimum atomic E-state index is -5.30. The number of aliphatic hydroxyl groups is 1. The molecule has 0 radical (unpaired) electrons. The molecule has 4 aromatic rings. The van der Waals surface area contributed by atoms with E-state index in [4.69, 9.17) is 0 Å². The van der Waals surface area contributed by atoms with Gasteiger partial charge in [0.25, 0.3) is 0 Å². The maximum atomic E-state index is 14.2. The van der Waals surface area contributed by atoms with Gasteiger partial charge in [-0.2, -0.15) is 13.2 Å². The Kier molecular flexibility index (Phi) is 4.91. The molecule has 1 fully saturated rings. The molecule has 3 aromatic carbocycles. The first-order chi connectivity index (χ1) is 15.7. The van der Waals surface area contributed by atoms with E-state index in [1.807, 2.05) is 6.07 Å². The van der Waals surface area contributed by atoms with Crippen molar-refractivity contribution in [2.45, 2.75) is 17.9 Å². The van der Waals surface area contributed by atoms with E-state index in [0.717, 1.165) is 22.1 Å².